The van der Waals surface area contributed by atoms with Crippen molar-refractivity contribution in [1.29, 1.82) is 0 Å². The minimum Gasteiger partial charge on any atom is -0.468 e. The molecule has 0 radical (unpaired) electrons. The number of hydrogen-bond donors (Lipinski definition) is 2. The first kappa shape index (κ1) is 24.7. The molecule has 1 fully saturated rings. The van der Waals surface area contributed by atoms with Gasteiger partial charge in [0.2, 0.25) is 0 Å². The van der Waals surface area contributed by atoms with E-state index >= 15 is 0 Å². The van der Waals surface area contributed by atoms with E-state index in [2.05, 4.69) is 51.3 Å². The van der Waals surface area contributed by atoms with E-state index in [1.54, 1.807) is 6.26 Å². The highest BCUT2D eigenvalue weighted by atomic mass is 127. The van der Waals surface area contributed by atoms with E-state index in [1.165, 1.54) is 25.0 Å². The van der Waals surface area contributed by atoms with Gasteiger partial charge >= 0.3 is 0 Å². The fraction of sp³-hybridized carbons (Fsp3) is 0.636. The van der Waals surface area contributed by atoms with E-state index in [0.717, 1.165) is 56.6 Å². The Kier molecular flexibility index (Phi) is 10.7. The standard InChI is InChI=1S/C22H36N6O.HI/c1-4-23-22(24-11-9-14-28-19(3)16-18(2)26-28)25-17-20(21-10-8-15-29-21)27-12-6-5-7-13-27;/h8,10,15-16,20H,4-7,9,11-14,17H2,1-3H3,(H2,23,24,25);1H. The van der Waals surface area contributed by atoms with Crippen LogP contribution >= 0.6 is 24.0 Å². The van der Waals surface area contributed by atoms with Crippen LogP contribution < -0.4 is 10.6 Å². The zero-order valence-electron chi connectivity index (χ0n) is 18.6. The molecule has 0 bridgehead atoms. The first-order chi connectivity index (χ1) is 14.2. The molecule has 0 aromatic carbocycles. The van der Waals surface area contributed by atoms with Crippen molar-refractivity contribution in [1.82, 2.24) is 25.3 Å². The van der Waals surface area contributed by atoms with Gasteiger partial charge in [0.25, 0.3) is 0 Å². The molecule has 1 unspecified atom stereocenters. The van der Waals surface area contributed by atoms with Crippen LogP contribution in [0.25, 0.3) is 0 Å². The molecule has 168 valence electrons. The number of hydrogen-bond acceptors (Lipinski definition) is 4. The number of likely N-dealkylation sites (tertiary alicyclic amines) is 1. The molecule has 2 N–H and O–H groups in total. The van der Waals surface area contributed by atoms with Gasteiger partial charge in [-0.25, -0.2) is 0 Å². The van der Waals surface area contributed by atoms with E-state index in [-0.39, 0.29) is 30.0 Å². The predicted octanol–water partition coefficient (Wildman–Crippen LogP) is 3.88. The fourth-order valence-electron chi connectivity index (χ4n) is 3.95. The summed E-state index contributed by atoms with van der Waals surface area (Å²) in [7, 11) is 0. The molecule has 1 aliphatic heterocycles. The number of aromatic nitrogens is 2. The summed E-state index contributed by atoms with van der Waals surface area (Å²) in [5.41, 5.74) is 2.29. The molecule has 0 aliphatic carbocycles. The molecular weight excluding hydrogens is 491 g/mol. The average molecular weight is 528 g/mol. The minimum absolute atomic E-state index is 0. The molecule has 8 heteroatoms. The molecule has 2 aromatic heterocycles. The third-order valence-corrected chi connectivity index (χ3v) is 5.41. The van der Waals surface area contributed by atoms with Crippen molar-refractivity contribution < 1.29 is 4.42 Å². The van der Waals surface area contributed by atoms with Crippen LogP contribution in [-0.2, 0) is 6.54 Å². The number of furan rings is 1. The van der Waals surface area contributed by atoms with Crippen molar-refractivity contribution >= 4 is 29.9 Å². The Bertz CT molecular complexity index is 752. The topological polar surface area (TPSA) is 70.6 Å². The van der Waals surface area contributed by atoms with E-state index in [1.807, 2.05) is 13.0 Å². The molecular formula is C22H37IN6O. The number of aryl methyl sites for hydroxylation is 3. The molecule has 3 heterocycles. The normalized spacial score (nSPS) is 16.2. The second kappa shape index (κ2) is 13.0. The lowest BCUT2D eigenvalue weighted by molar-refractivity contribution is 0.150. The smallest absolute Gasteiger partial charge is 0.191 e. The average Bonchev–Trinajstić information content (AvgIpc) is 3.36. The van der Waals surface area contributed by atoms with Gasteiger partial charge in [-0.2, -0.15) is 5.10 Å². The highest BCUT2D eigenvalue weighted by Gasteiger charge is 2.24. The largest absolute Gasteiger partial charge is 0.468 e. The Balaban J connectivity index is 0.00000320. The lowest BCUT2D eigenvalue weighted by Crippen LogP contribution is -2.40. The number of piperidine rings is 1. The van der Waals surface area contributed by atoms with Crippen molar-refractivity contribution in [3.63, 3.8) is 0 Å². The van der Waals surface area contributed by atoms with Gasteiger partial charge in [0.05, 0.1) is 24.5 Å². The Labute approximate surface area is 197 Å². The Hall–Kier alpha value is -1.55. The molecule has 0 spiro atoms. The van der Waals surface area contributed by atoms with Crippen LogP contribution in [0.3, 0.4) is 0 Å². The number of guanidine groups is 1. The fourth-order valence-corrected chi connectivity index (χ4v) is 3.95. The van der Waals surface area contributed by atoms with Crippen LogP contribution in [0.2, 0.25) is 0 Å². The van der Waals surface area contributed by atoms with Crippen molar-refractivity contribution in [2.45, 2.75) is 59.0 Å². The number of rotatable bonds is 9. The summed E-state index contributed by atoms with van der Waals surface area (Å²) in [6.07, 6.45) is 6.60. The predicted molar refractivity (Wildman–Crippen MR) is 133 cm³/mol. The number of nitrogens with one attached hydrogen (secondary N) is 2. The second-order valence-electron chi connectivity index (χ2n) is 7.78. The Morgan fingerprint density at radius 2 is 2.03 bits per heavy atom. The molecule has 3 rings (SSSR count). The Morgan fingerprint density at radius 1 is 1.23 bits per heavy atom. The van der Waals surface area contributed by atoms with Crippen LogP contribution in [0.4, 0.5) is 0 Å². The third kappa shape index (κ3) is 7.30. The van der Waals surface area contributed by atoms with Crippen LogP contribution in [0, 0.1) is 13.8 Å². The summed E-state index contributed by atoms with van der Waals surface area (Å²) in [6.45, 7) is 11.8. The van der Waals surface area contributed by atoms with Crippen molar-refractivity contribution in [2.75, 3.05) is 32.7 Å². The maximum Gasteiger partial charge on any atom is 0.191 e. The lowest BCUT2D eigenvalue weighted by Gasteiger charge is -2.32. The molecule has 0 amide bonds. The SMILES string of the molecule is CCNC(=NCC(c1ccco1)N1CCCCC1)NCCCn1nc(C)cc1C.I. The van der Waals surface area contributed by atoms with Gasteiger partial charge in [0.15, 0.2) is 5.96 Å². The van der Waals surface area contributed by atoms with Gasteiger partial charge < -0.3 is 15.1 Å². The molecule has 0 saturated carbocycles. The molecule has 30 heavy (non-hydrogen) atoms. The summed E-state index contributed by atoms with van der Waals surface area (Å²) in [4.78, 5) is 7.39. The van der Waals surface area contributed by atoms with Crippen molar-refractivity contribution in [3.8, 4) is 0 Å². The van der Waals surface area contributed by atoms with Gasteiger partial charge in [0, 0.05) is 25.3 Å². The van der Waals surface area contributed by atoms with Crippen LogP contribution in [0.1, 0.15) is 55.8 Å². The molecule has 1 saturated heterocycles. The lowest BCUT2D eigenvalue weighted by atomic mass is 10.1. The first-order valence-electron chi connectivity index (χ1n) is 11.0. The van der Waals surface area contributed by atoms with Crippen LogP contribution in [-0.4, -0.2) is 53.4 Å². The number of aliphatic imine (C=N–C) groups is 1. The zero-order valence-corrected chi connectivity index (χ0v) is 20.9. The number of nitrogens with zero attached hydrogens (tertiary/aromatic N) is 4. The van der Waals surface area contributed by atoms with E-state index < -0.39 is 0 Å². The second-order valence-corrected chi connectivity index (χ2v) is 7.78. The monoisotopic (exact) mass is 528 g/mol. The number of halogens is 1. The summed E-state index contributed by atoms with van der Waals surface area (Å²) in [6, 6.07) is 6.37. The summed E-state index contributed by atoms with van der Waals surface area (Å²) in [5, 5.41) is 11.4. The summed E-state index contributed by atoms with van der Waals surface area (Å²) >= 11 is 0. The molecule has 1 aliphatic rings. The van der Waals surface area contributed by atoms with Crippen molar-refractivity contribution in [3.05, 3.63) is 41.6 Å². The van der Waals surface area contributed by atoms with Crippen LogP contribution in [0.5, 0.6) is 0 Å². The molecule has 1 atom stereocenters. The van der Waals surface area contributed by atoms with Crippen LogP contribution in [0.15, 0.2) is 33.9 Å². The van der Waals surface area contributed by atoms with Gasteiger partial charge in [0.1, 0.15) is 5.76 Å². The zero-order chi connectivity index (χ0) is 20.5. The minimum atomic E-state index is 0. The molecule has 7 nitrogen and oxygen atoms in total. The van der Waals surface area contributed by atoms with Gasteiger partial charge in [-0.3, -0.25) is 14.6 Å². The maximum atomic E-state index is 5.74. The van der Waals surface area contributed by atoms with Gasteiger partial charge in [-0.1, -0.05) is 6.42 Å². The van der Waals surface area contributed by atoms with Gasteiger partial charge in [-0.15, -0.1) is 24.0 Å². The summed E-state index contributed by atoms with van der Waals surface area (Å²) < 4.78 is 7.81. The quantitative estimate of drug-likeness (QED) is 0.224. The highest BCUT2D eigenvalue weighted by Crippen LogP contribution is 2.25. The maximum absolute atomic E-state index is 5.74. The van der Waals surface area contributed by atoms with Gasteiger partial charge in [-0.05, 0) is 71.3 Å². The van der Waals surface area contributed by atoms with E-state index in [0.29, 0.717) is 6.54 Å². The van der Waals surface area contributed by atoms with E-state index in [9.17, 15) is 0 Å². The highest BCUT2D eigenvalue weighted by molar-refractivity contribution is 14.0. The molecule has 2 aromatic rings. The first-order valence-corrected chi connectivity index (χ1v) is 11.0. The van der Waals surface area contributed by atoms with E-state index in [4.69, 9.17) is 9.41 Å². The summed E-state index contributed by atoms with van der Waals surface area (Å²) in [5.74, 6) is 1.88. The Morgan fingerprint density at radius 3 is 2.67 bits per heavy atom. The van der Waals surface area contributed by atoms with Crippen molar-refractivity contribution in [2.24, 2.45) is 4.99 Å². The third-order valence-electron chi connectivity index (χ3n) is 5.41.